The minimum absolute atomic E-state index is 0.0406. The minimum atomic E-state index is -0.210. The van der Waals surface area contributed by atoms with Crippen LogP contribution in [0.3, 0.4) is 0 Å². The first kappa shape index (κ1) is 19.4. The van der Waals surface area contributed by atoms with Gasteiger partial charge in [-0.15, -0.1) is 23.0 Å². The standard InChI is InChI=1S/C20H21N3O2S2/c1-3-11-23-19(24)18(13-15-7-9-16(10-8-15)25-4-2)27-20(23)22-21-14-17-6-5-12-26-17/h3,5-10,12,14,18H,1,4,11,13H2,2H3/b21-14-,22-20-/t18-/m1/s1. The van der Waals surface area contributed by atoms with Crippen LogP contribution in [0.15, 0.2) is 64.6 Å². The number of thioether (sulfide) groups is 1. The Morgan fingerprint density at radius 1 is 1.30 bits per heavy atom. The van der Waals surface area contributed by atoms with E-state index < -0.39 is 0 Å². The van der Waals surface area contributed by atoms with Crippen LogP contribution < -0.4 is 4.74 Å². The molecule has 1 amide bonds. The summed E-state index contributed by atoms with van der Waals surface area (Å²) >= 11 is 3.04. The van der Waals surface area contributed by atoms with E-state index in [0.29, 0.717) is 24.7 Å². The van der Waals surface area contributed by atoms with Crippen LogP contribution in [-0.4, -0.2) is 40.6 Å². The second kappa shape index (κ2) is 9.53. The molecule has 0 radical (unpaired) electrons. The average Bonchev–Trinajstić information content (AvgIpc) is 3.28. The van der Waals surface area contributed by atoms with E-state index in [0.717, 1.165) is 16.2 Å². The number of hydrogen-bond acceptors (Lipinski definition) is 6. The first-order valence-corrected chi connectivity index (χ1v) is 10.4. The first-order chi connectivity index (χ1) is 13.2. The van der Waals surface area contributed by atoms with Crippen molar-refractivity contribution < 1.29 is 9.53 Å². The topological polar surface area (TPSA) is 54.3 Å². The molecule has 0 saturated carbocycles. The largest absolute Gasteiger partial charge is 0.494 e. The number of hydrogen-bond donors (Lipinski definition) is 0. The SMILES string of the molecule is C=CCN1C(=O)[C@@H](Cc2ccc(OCC)cc2)S/C1=N\N=C/c1cccs1. The van der Waals surface area contributed by atoms with E-state index in [9.17, 15) is 4.79 Å². The molecule has 0 spiro atoms. The van der Waals surface area contributed by atoms with Crippen LogP contribution in [-0.2, 0) is 11.2 Å². The quantitative estimate of drug-likeness (QED) is 0.380. The zero-order valence-electron chi connectivity index (χ0n) is 15.1. The third kappa shape index (κ3) is 5.08. The molecule has 140 valence electrons. The number of nitrogens with zero attached hydrogens (tertiary/aromatic N) is 3. The molecule has 0 N–H and O–H groups in total. The molecule has 0 unspecified atom stereocenters. The van der Waals surface area contributed by atoms with E-state index in [1.165, 1.54) is 11.8 Å². The Kier molecular flexibility index (Phi) is 6.84. The van der Waals surface area contributed by atoms with Crippen LogP contribution >= 0.6 is 23.1 Å². The van der Waals surface area contributed by atoms with Gasteiger partial charge >= 0.3 is 0 Å². The maximum atomic E-state index is 12.8. The Morgan fingerprint density at radius 3 is 2.78 bits per heavy atom. The maximum Gasteiger partial charge on any atom is 0.242 e. The van der Waals surface area contributed by atoms with E-state index in [-0.39, 0.29) is 11.2 Å². The number of benzene rings is 1. The van der Waals surface area contributed by atoms with Gasteiger partial charge in [-0.05, 0) is 42.5 Å². The second-order valence-corrected chi connectivity index (χ2v) is 7.92. The molecule has 1 saturated heterocycles. The van der Waals surface area contributed by atoms with Crippen molar-refractivity contribution in [1.29, 1.82) is 0 Å². The number of ether oxygens (including phenoxy) is 1. The molecular formula is C20H21N3O2S2. The molecule has 1 atom stereocenters. The number of amides is 1. The van der Waals surface area contributed by atoms with Crippen LogP contribution in [0.1, 0.15) is 17.4 Å². The molecule has 7 heteroatoms. The van der Waals surface area contributed by atoms with Crippen LogP contribution in [0, 0.1) is 0 Å². The lowest BCUT2D eigenvalue weighted by molar-refractivity contribution is -0.125. The highest BCUT2D eigenvalue weighted by Gasteiger charge is 2.37. The molecule has 2 heterocycles. The molecule has 0 bridgehead atoms. The third-order valence-corrected chi connectivity index (χ3v) is 5.83. The predicted octanol–water partition coefficient (Wildman–Crippen LogP) is 4.21. The molecule has 1 aliphatic rings. The summed E-state index contributed by atoms with van der Waals surface area (Å²) in [6.45, 7) is 6.76. The highest BCUT2D eigenvalue weighted by molar-refractivity contribution is 8.15. The van der Waals surface area contributed by atoms with Crippen molar-refractivity contribution >= 4 is 40.4 Å². The molecule has 5 nitrogen and oxygen atoms in total. The molecule has 1 aromatic carbocycles. The fourth-order valence-corrected chi connectivity index (χ4v) is 4.34. The van der Waals surface area contributed by atoms with Crippen LogP contribution in [0.4, 0.5) is 0 Å². The van der Waals surface area contributed by atoms with Crippen molar-refractivity contribution in [2.45, 2.75) is 18.6 Å². The van der Waals surface area contributed by atoms with Crippen molar-refractivity contribution in [2.24, 2.45) is 10.2 Å². The van der Waals surface area contributed by atoms with Gasteiger partial charge < -0.3 is 4.74 Å². The van der Waals surface area contributed by atoms with Gasteiger partial charge in [0.25, 0.3) is 0 Å². The van der Waals surface area contributed by atoms with E-state index in [4.69, 9.17) is 4.74 Å². The summed E-state index contributed by atoms with van der Waals surface area (Å²) in [5, 5.41) is 10.8. The zero-order valence-corrected chi connectivity index (χ0v) is 16.7. The molecule has 1 aliphatic heterocycles. The summed E-state index contributed by atoms with van der Waals surface area (Å²) in [5.41, 5.74) is 1.09. The summed E-state index contributed by atoms with van der Waals surface area (Å²) < 4.78 is 5.47. The normalized spacial score (nSPS) is 18.6. The van der Waals surface area contributed by atoms with Gasteiger partial charge in [0.05, 0.1) is 18.1 Å². The monoisotopic (exact) mass is 399 g/mol. The van der Waals surface area contributed by atoms with Gasteiger partial charge in [-0.2, -0.15) is 5.10 Å². The fraction of sp³-hybridized carbons (Fsp3) is 0.250. The summed E-state index contributed by atoms with van der Waals surface area (Å²) in [4.78, 5) is 15.4. The fourth-order valence-electron chi connectivity index (χ4n) is 2.62. The zero-order chi connectivity index (χ0) is 19.1. The van der Waals surface area contributed by atoms with E-state index in [2.05, 4.69) is 16.8 Å². The van der Waals surface area contributed by atoms with Crippen molar-refractivity contribution in [3.8, 4) is 5.75 Å². The Balaban J connectivity index is 1.71. The molecule has 3 rings (SSSR count). The predicted molar refractivity (Wildman–Crippen MR) is 114 cm³/mol. The Morgan fingerprint density at radius 2 is 2.11 bits per heavy atom. The number of rotatable bonds is 8. The van der Waals surface area contributed by atoms with E-state index in [1.807, 2.05) is 48.7 Å². The lowest BCUT2D eigenvalue weighted by Crippen LogP contribution is -2.32. The Hall–Kier alpha value is -2.38. The third-order valence-electron chi connectivity index (χ3n) is 3.86. The molecule has 1 fully saturated rings. The highest BCUT2D eigenvalue weighted by Crippen LogP contribution is 2.30. The summed E-state index contributed by atoms with van der Waals surface area (Å²) in [5.74, 6) is 0.879. The Labute approximate surface area is 167 Å². The van der Waals surface area contributed by atoms with Gasteiger partial charge in [0.15, 0.2) is 5.17 Å². The number of amidine groups is 1. The number of carbonyl (C=O) groups excluding carboxylic acids is 1. The molecule has 0 aliphatic carbocycles. The Bertz CT molecular complexity index is 829. The lowest BCUT2D eigenvalue weighted by Gasteiger charge is -2.13. The van der Waals surface area contributed by atoms with Crippen molar-refractivity contribution in [3.63, 3.8) is 0 Å². The van der Waals surface area contributed by atoms with Gasteiger partial charge in [0.1, 0.15) is 5.75 Å². The molecule has 27 heavy (non-hydrogen) atoms. The maximum absolute atomic E-state index is 12.8. The van der Waals surface area contributed by atoms with Crippen molar-refractivity contribution in [3.05, 3.63) is 64.9 Å². The van der Waals surface area contributed by atoms with E-state index in [1.54, 1.807) is 28.5 Å². The van der Waals surface area contributed by atoms with Crippen LogP contribution in [0.5, 0.6) is 5.75 Å². The molecular weight excluding hydrogens is 378 g/mol. The van der Waals surface area contributed by atoms with Gasteiger partial charge in [0, 0.05) is 11.4 Å². The smallest absolute Gasteiger partial charge is 0.242 e. The minimum Gasteiger partial charge on any atom is -0.494 e. The summed E-state index contributed by atoms with van der Waals surface area (Å²) in [7, 11) is 0. The first-order valence-electron chi connectivity index (χ1n) is 8.66. The van der Waals surface area contributed by atoms with Gasteiger partial charge in [-0.3, -0.25) is 9.69 Å². The molecule has 1 aromatic heterocycles. The summed E-state index contributed by atoms with van der Waals surface area (Å²) in [6.07, 6.45) is 4.04. The van der Waals surface area contributed by atoms with Crippen LogP contribution in [0.25, 0.3) is 0 Å². The van der Waals surface area contributed by atoms with Crippen molar-refractivity contribution in [2.75, 3.05) is 13.2 Å². The number of carbonyl (C=O) groups is 1. The average molecular weight is 400 g/mol. The molecule has 2 aromatic rings. The van der Waals surface area contributed by atoms with Gasteiger partial charge in [0.2, 0.25) is 5.91 Å². The lowest BCUT2D eigenvalue weighted by atomic mass is 10.1. The summed E-state index contributed by atoms with van der Waals surface area (Å²) in [6, 6.07) is 11.8. The van der Waals surface area contributed by atoms with Gasteiger partial charge in [-0.25, -0.2) is 0 Å². The van der Waals surface area contributed by atoms with Gasteiger partial charge in [-0.1, -0.05) is 36.0 Å². The highest BCUT2D eigenvalue weighted by atomic mass is 32.2. The van der Waals surface area contributed by atoms with Crippen LogP contribution in [0.2, 0.25) is 0 Å². The second-order valence-electron chi connectivity index (χ2n) is 5.77. The number of thiophene rings is 1. The van der Waals surface area contributed by atoms with E-state index >= 15 is 0 Å². The van der Waals surface area contributed by atoms with Crippen molar-refractivity contribution in [1.82, 2.24) is 4.90 Å².